The van der Waals surface area contributed by atoms with Gasteiger partial charge in [0.2, 0.25) is 0 Å². The van der Waals surface area contributed by atoms with Crippen LogP contribution >= 0.6 is 11.3 Å². The quantitative estimate of drug-likeness (QED) is 0.298. The first-order chi connectivity index (χ1) is 16.4. The Labute approximate surface area is 201 Å². The Kier molecular flexibility index (Phi) is 7.13. The number of ether oxygens (including phenoxy) is 1. The molecule has 0 saturated heterocycles. The number of thiazole rings is 1. The van der Waals surface area contributed by atoms with Gasteiger partial charge in [0.25, 0.3) is 5.91 Å². The minimum Gasteiger partial charge on any atom is -0.452 e. The molecule has 3 aromatic carbocycles. The second kappa shape index (κ2) is 10.4. The van der Waals surface area contributed by atoms with E-state index in [0.29, 0.717) is 18.5 Å². The molecule has 0 bridgehead atoms. The van der Waals surface area contributed by atoms with E-state index in [1.807, 2.05) is 44.2 Å². The van der Waals surface area contributed by atoms with Crippen LogP contribution in [0.4, 0.5) is 0 Å². The van der Waals surface area contributed by atoms with Gasteiger partial charge < -0.3 is 10.1 Å². The zero-order valence-corrected chi connectivity index (χ0v) is 19.8. The van der Waals surface area contributed by atoms with Gasteiger partial charge in [0, 0.05) is 24.1 Å². The van der Waals surface area contributed by atoms with Crippen molar-refractivity contribution < 1.29 is 19.1 Å². The summed E-state index contributed by atoms with van der Waals surface area (Å²) in [6.45, 7) is 3.86. The van der Waals surface area contributed by atoms with Gasteiger partial charge in [-0.1, -0.05) is 42.5 Å². The zero-order valence-electron chi connectivity index (χ0n) is 19.0. The van der Waals surface area contributed by atoms with E-state index in [1.54, 1.807) is 41.7 Å². The summed E-state index contributed by atoms with van der Waals surface area (Å²) in [5.74, 6) is -1.39. The third-order valence-corrected chi connectivity index (χ3v) is 6.59. The third kappa shape index (κ3) is 5.38. The van der Waals surface area contributed by atoms with Crippen molar-refractivity contribution in [1.82, 2.24) is 10.3 Å². The summed E-state index contributed by atoms with van der Waals surface area (Å²) in [6, 6.07) is 19.8. The fraction of sp³-hybridized carbons (Fsp3) is 0.185. The van der Waals surface area contributed by atoms with Crippen molar-refractivity contribution in [3.63, 3.8) is 0 Å². The molecule has 0 aliphatic carbocycles. The molecule has 34 heavy (non-hydrogen) atoms. The lowest BCUT2D eigenvalue weighted by atomic mass is 9.96. The largest absolute Gasteiger partial charge is 0.452 e. The molecular weight excluding hydrogens is 448 g/mol. The van der Waals surface area contributed by atoms with E-state index in [0.717, 1.165) is 26.4 Å². The number of nitrogens with one attached hydrogen (secondary N) is 1. The van der Waals surface area contributed by atoms with Crippen molar-refractivity contribution in [3.8, 4) is 0 Å². The van der Waals surface area contributed by atoms with Crippen molar-refractivity contribution in [2.24, 2.45) is 0 Å². The van der Waals surface area contributed by atoms with E-state index >= 15 is 0 Å². The lowest BCUT2D eigenvalue weighted by Crippen LogP contribution is -2.30. The van der Waals surface area contributed by atoms with Gasteiger partial charge in [-0.3, -0.25) is 9.59 Å². The normalized spacial score (nSPS) is 10.8. The van der Waals surface area contributed by atoms with Crippen LogP contribution in [0, 0.1) is 13.8 Å². The molecule has 4 aromatic rings. The molecule has 0 aliphatic heterocycles. The molecule has 1 amide bonds. The Bertz CT molecular complexity index is 1340. The van der Waals surface area contributed by atoms with Crippen molar-refractivity contribution in [2.75, 3.05) is 13.2 Å². The molecule has 1 aromatic heterocycles. The maximum atomic E-state index is 13.0. The minimum absolute atomic E-state index is 0.132. The van der Waals surface area contributed by atoms with Crippen LogP contribution in [0.2, 0.25) is 0 Å². The number of rotatable bonds is 8. The predicted octanol–water partition coefficient (Wildman–Crippen LogP) is 4.66. The molecule has 4 rings (SSSR count). The number of fused-ring (bicyclic) bond motifs is 1. The molecule has 0 atom stereocenters. The number of carbonyl (C=O) groups is 3. The summed E-state index contributed by atoms with van der Waals surface area (Å²) >= 11 is 1.59. The van der Waals surface area contributed by atoms with Gasteiger partial charge in [-0.15, -0.1) is 11.3 Å². The second-order valence-corrected chi connectivity index (χ2v) is 9.04. The fourth-order valence-electron chi connectivity index (χ4n) is 3.49. The van der Waals surface area contributed by atoms with Crippen LogP contribution in [0.5, 0.6) is 0 Å². The van der Waals surface area contributed by atoms with Crippen LogP contribution in [0.3, 0.4) is 0 Å². The molecule has 172 valence electrons. The number of para-hydroxylation sites is 1. The average molecular weight is 473 g/mol. The highest BCUT2D eigenvalue weighted by molar-refractivity contribution is 7.18. The van der Waals surface area contributed by atoms with Crippen LogP contribution in [0.1, 0.15) is 42.4 Å². The fourth-order valence-corrected chi connectivity index (χ4v) is 4.46. The monoisotopic (exact) mass is 472 g/mol. The number of amides is 1. The van der Waals surface area contributed by atoms with E-state index in [4.69, 9.17) is 4.74 Å². The Hall–Kier alpha value is -3.84. The number of esters is 1. The topological polar surface area (TPSA) is 85.4 Å². The summed E-state index contributed by atoms with van der Waals surface area (Å²) in [5.41, 5.74) is 3.89. The van der Waals surface area contributed by atoms with Gasteiger partial charge in [0.05, 0.1) is 20.8 Å². The van der Waals surface area contributed by atoms with Gasteiger partial charge in [-0.05, 0) is 49.2 Å². The summed E-state index contributed by atoms with van der Waals surface area (Å²) in [6.07, 6.45) is 0.590. The molecule has 0 unspecified atom stereocenters. The van der Waals surface area contributed by atoms with Gasteiger partial charge in [0.15, 0.2) is 12.4 Å². The SMILES string of the molecule is Cc1ccc(C(=O)c2ccccc2C(=O)OCC(=O)NCCc2nc3ccccc3s2)cc1C. The van der Waals surface area contributed by atoms with Crippen LogP contribution in [0.25, 0.3) is 10.2 Å². The molecule has 0 saturated carbocycles. The first-order valence-corrected chi connectivity index (χ1v) is 11.7. The van der Waals surface area contributed by atoms with E-state index in [9.17, 15) is 14.4 Å². The van der Waals surface area contributed by atoms with Gasteiger partial charge in [-0.25, -0.2) is 9.78 Å². The predicted molar refractivity (Wildman–Crippen MR) is 132 cm³/mol. The standard InChI is InChI=1S/C27H24N2O4S/c1-17-11-12-19(15-18(17)2)26(31)20-7-3-4-8-21(20)27(32)33-16-24(30)28-14-13-25-29-22-9-5-6-10-23(22)34-25/h3-12,15H,13-14,16H2,1-2H3,(H,28,30). The zero-order chi connectivity index (χ0) is 24.1. The summed E-state index contributed by atoms with van der Waals surface area (Å²) in [4.78, 5) is 42.4. The number of hydrogen-bond acceptors (Lipinski definition) is 6. The smallest absolute Gasteiger partial charge is 0.339 e. The maximum absolute atomic E-state index is 13.0. The van der Waals surface area contributed by atoms with Crippen LogP contribution in [-0.2, 0) is 16.0 Å². The first kappa shape index (κ1) is 23.3. The maximum Gasteiger partial charge on any atom is 0.339 e. The highest BCUT2D eigenvalue weighted by Crippen LogP contribution is 2.21. The lowest BCUT2D eigenvalue weighted by Gasteiger charge is -2.10. The van der Waals surface area contributed by atoms with Crippen LogP contribution < -0.4 is 5.32 Å². The van der Waals surface area contributed by atoms with Gasteiger partial charge >= 0.3 is 5.97 Å². The van der Waals surface area contributed by atoms with Gasteiger partial charge in [-0.2, -0.15) is 0 Å². The Morgan fingerprint density at radius 2 is 1.65 bits per heavy atom. The number of ketones is 1. The van der Waals surface area contributed by atoms with E-state index in [-0.39, 0.29) is 16.9 Å². The number of hydrogen-bond donors (Lipinski definition) is 1. The average Bonchev–Trinajstić information content (AvgIpc) is 3.26. The van der Waals surface area contributed by atoms with E-state index in [1.165, 1.54) is 6.07 Å². The molecule has 0 radical (unpaired) electrons. The number of aromatic nitrogens is 1. The molecule has 1 heterocycles. The Morgan fingerprint density at radius 3 is 2.41 bits per heavy atom. The highest BCUT2D eigenvalue weighted by Gasteiger charge is 2.20. The molecular formula is C27H24N2O4S. The van der Waals surface area contributed by atoms with Crippen molar-refractivity contribution in [1.29, 1.82) is 0 Å². The minimum atomic E-state index is -0.714. The molecule has 6 nitrogen and oxygen atoms in total. The highest BCUT2D eigenvalue weighted by atomic mass is 32.1. The summed E-state index contributed by atoms with van der Waals surface area (Å²) in [7, 11) is 0. The first-order valence-electron chi connectivity index (χ1n) is 10.9. The number of nitrogens with zero attached hydrogens (tertiary/aromatic N) is 1. The van der Waals surface area contributed by atoms with Gasteiger partial charge in [0.1, 0.15) is 0 Å². The number of aryl methyl sites for hydroxylation is 2. The Balaban J connectivity index is 1.33. The van der Waals surface area contributed by atoms with E-state index < -0.39 is 18.5 Å². The van der Waals surface area contributed by atoms with Crippen LogP contribution in [-0.4, -0.2) is 35.8 Å². The number of benzene rings is 3. The van der Waals surface area contributed by atoms with Crippen molar-refractivity contribution in [2.45, 2.75) is 20.3 Å². The van der Waals surface area contributed by atoms with Crippen molar-refractivity contribution >= 4 is 39.2 Å². The number of carbonyl (C=O) groups excluding carboxylic acids is 3. The van der Waals surface area contributed by atoms with Crippen LogP contribution in [0.15, 0.2) is 66.7 Å². The Morgan fingerprint density at radius 1 is 0.912 bits per heavy atom. The summed E-state index contributed by atoms with van der Waals surface area (Å²) < 4.78 is 6.30. The van der Waals surface area contributed by atoms with E-state index in [2.05, 4.69) is 10.3 Å². The molecule has 0 fully saturated rings. The second-order valence-electron chi connectivity index (χ2n) is 7.93. The molecule has 0 spiro atoms. The lowest BCUT2D eigenvalue weighted by molar-refractivity contribution is -0.124. The molecule has 0 aliphatic rings. The molecule has 7 heteroatoms. The third-order valence-electron chi connectivity index (χ3n) is 5.49. The van der Waals surface area contributed by atoms with Crippen molar-refractivity contribution in [3.05, 3.63) is 99.6 Å². The molecule has 1 N–H and O–H groups in total. The summed E-state index contributed by atoms with van der Waals surface area (Å²) in [5, 5.41) is 3.67.